The summed E-state index contributed by atoms with van der Waals surface area (Å²) in [6.45, 7) is 2.11. The number of hydrogen-bond donors (Lipinski definition) is 0. The first-order valence-electron chi connectivity index (χ1n) is 3.56. The summed E-state index contributed by atoms with van der Waals surface area (Å²) < 4.78 is 0. The molecule has 0 amide bonds. The molecule has 0 radical (unpaired) electrons. The van der Waals surface area contributed by atoms with Crippen molar-refractivity contribution in [1.29, 1.82) is 0 Å². The Morgan fingerprint density at radius 1 is 1.60 bits per heavy atom. The molecule has 1 aliphatic carbocycles. The lowest BCUT2D eigenvalue weighted by atomic mass is 10.2. The highest BCUT2D eigenvalue weighted by Crippen LogP contribution is 2.20. The third kappa shape index (κ3) is 1.74. The van der Waals surface area contributed by atoms with Gasteiger partial charge in [0.2, 0.25) is 0 Å². The Kier molecular flexibility index (Phi) is 2.76. The maximum atomic E-state index is 5.94. The summed E-state index contributed by atoms with van der Waals surface area (Å²) in [5.74, 6) is 0. The molecule has 0 aromatic carbocycles. The van der Waals surface area contributed by atoms with Crippen LogP contribution in [0.3, 0.4) is 0 Å². The van der Waals surface area contributed by atoms with Gasteiger partial charge in [-0.15, -0.1) is 0 Å². The van der Waals surface area contributed by atoms with Gasteiger partial charge in [0.25, 0.3) is 0 Å². The van der Waals surface area contributed by atoms with E-state index in [0.29, 0.717) is 0 Å². The second-order valence-corrected chi connectivity index (χ2v) is 2.67. The molecule has 0 aromatic rings. The van der Waals surface area contributed by atoms with E-state index in [9.17, 15) is 0 Å². The zero-order valence-corrected chi connectivity index (χ0v) is 6.86. The molecule has 54 valence electrons. The fraction of sp³-hybridized carbons (Fsp3) is 0.333. The van der Waals surface area contributed by atoms with E-state index >= 15 is 0 Å². The molecule has 10 heavy (non-hydrogen) atoms. The lowest BCUT2D eigenvalue weighted by Crippen LogP contribution is -1.77. The molecule has 0 nitrogen and oxygen atoms in total. The van der Waals surface area contributed by atoms with Crippen molar-refractivity contribution < 1.29 is 0 Å². The van der Waals surface area contributed by atoms with Gasteiger partial charge in [-0.05, 0) is 18.4 Å². The van der Waals surface area contributed by atoms with E-state index in [1.165, 1.54) is 5.57 Å². The van der Waals surface area contributed by atoms with Crippen molar-refractivity contribution in [3.05, 3.63) is 34.9 Å². The van der Waals surface area contributed by atoms with Crippen molar-refractivity contribution in [2.75, 3.05) is 0 Å². The third-order valence-corrected chi connectivity index (χ3v) is 1.95. The van der Waals surface area contributed by atoms with Gasteiger partial charge in [0.1, 0.15) is 0 Å². The van der Waals surface area contributed by atoms with E-state index in [4.69, 9.17) is 11.6 Å². The molecule has 0 saturated heterocycles. The van der Waals surface area contributed by atoms with Crippen molar-refractivity contribution in [2.45, 2.75) is 19.8 Å². The molecule has 1 heteroatoms. The smallest absolute Gasteiger partial charge is 0.0401 e. The van der Waals surface area contributed by atoms with Crippen molar-refractivity contribution in [3.8, 4) is 0 Å². The predicted octanol–water partition coefficient (Wildman–Crippen LogP) is 3.41. The quantitative estimate of drug-likeness (QED) is 0.543. The van der Waals surface area contributed by atoms with E-state index in [0.717, 1.165) is 17.9 Å². The average Bonchev–Trinajstić information content (AvgIpc) is 2.13. The molecule has 0 bridgehead atoms. The molecule has 0 fully saturated rings. The van der Waals surface area contributed by atoms with Crippen molar-refractivity contribution in [3.63, 3.8) is 0 Å². The molecule has 0 atom stereocenters. The minimum atomic E-state index is 0.910. The largest absolute Gasteiger partial charge is 0.0844 e. The topological polar surface area (TPSA) is 0 Å². The van der Waals surface area contributed by atoms with Gasteiger partial charge >= 0.3 is 0 Å². The molecule has 0 N–H and O–H groups in total. The molecule has 0 aromatic heterocycles. The maximum Gasteiger partial charge on any atom is 0.0401 e. The van der Waals surface area contributed by atoms with Crippen LogP contribution in [-0.2, 0) is 0 Å². The minimum Gasteiger partial charge on any atom is -0.0844 e. The van der Waals surface area contributed by atoms with Crippen LogP contribution in [0.2, 0.25) is 0 Å². The summed E-state index contributed by atoms with van der Waals surface area (Å²) in [5, 5.41) is 0.910. The van der Waals surface area contributed by atoms with E-state index in [2.05, 4.69) is 25.2 Å². The Balaban J connectivity index is 2.82. The van der Waals surface area contributed by atoms with Gasteiger partial charge in [0.05, 0.1) is 0 Å². The fourth-order valence-corrected chi connectivity index (χ4v) is 1.22. The SMILES string of the molecule is CCC1=CC=CCC=C1Cl. The summed E-state index contributed by atoms with van der Waals surface area (Å²) >= 11 is 5.94. The molecule has 0 spiro atoms. The Morgan fingerprint density at radius 3 is 3.10 bits per heavy atom. The third-order valence-electron chi connectivity index (χ3n) is 1.55. The van der Waals surface area contributed by atoms with Crippen molar-refractivity contribution >= 4 is 11.6 Å². The van der Waals surface area contributed by atoms with Crippen LogP contribution in [0.1, 0.15) is 19.8 Å². The second kappa shape index (κ2) is 3.62. The van der Waals surface area contributed by atoms with Gasteiger partial charge in [0, 0.05) is 5.03 Å². The Bertz CT molecular complexity index is 197. The van der Waals surface area contributed by atoms with Crippen molar-refractivity contribution in [1.82, 2.24) is 0 Å². The van der Waals surface area contributed by atoms with E-state index in [1.807, 2.05) is 6.08 Å². The van der Waals surface area contributed by atoms with Crippen LogP contribution < -0.4 is 0 Å². The van der Waals surface area contributed by atoms with E-state index < -0.39 is 0 Å². The highest BCUT2D eigenvalue weighted by atomic mass is 35.5. The van der Waals surface area contributed by atoms with Crippen LogP contribution in [0.4, 0.5) is 0 Å². The first kappa shape index (κ1) is 7.62. The van der Waals surface area contributed by atoms with Crippen LogP contribution in [0.15, 0.2) is 34.9 Å². The Hall–Kier alpha value is -0.490. The Labute approximate surface area is 66.9 Å². The summed E-state index contributed by atoms with van der Waals surface area (Å²) in [5.41, 5.74) is 1.23. The first-order valence-corrected chi connectivity index (χ1v) is 3.94. The molecular weight excluding hydrogens is 144 g/mol. The summed E-state index contributed by atoms with van der Waals surface area (Å²) in [6, 6.07) is 0. The second-order valence-electron chi connectivity index (χ2n) is 2.26. The molecule has 0 unspecified atom stereocenters. The molecular formula is C9H11Cl. The molecule has 1 aliphatic rings. The standard InChI is InChI=1S/C9H11Cl/c1-2-8-6-4-3-5-7-9(8)10/h3-4,6-7H,2,5H2,1H3. The number of hydrogen-bond acceptors (Lipinski definition) is 0. The average molecular weight is 155 g/mol. The molecule has 0 heterocycles. The van der Waals surface area contributed by atoms with Gasteiger partial charge in [0.15, 0.2) is 0 Å². The van der Waals surface area contributed by atoms with E-state index in [-0.39, 0.29) is 0 Å². The lowest BCUT2D eigenvalue weighted by Gasteiger charge is -1.97. The van der Waals surface area contributed by atoms with Crippen LogP contribution >= 0.6 is 11.6 Å². The zero-order chi connectivity index (χ0) is 7.40. The number of allylic oxidation sites excluding steroid dienone is 6. The van der Waals surface area contributed by atoms with Gasteiger partial charge in [-0.2, -0.15) is 0 Å². The number of halogens is 1. The van der Waals surface area contributed by atoms with Gasteiger partial charge in [-0.1, -0.05) is 42.8 Å². The van der Waals surface area contributed by atoms with E-state index in [1.54, 1.807) is 0 Å². The Morgan fingerprint density at radius 2 is 2.40 bits per heavy atom. The monoisotopic (exact) mass is 154 g/mol. The summed E-state index contributed by atoms with van der Waals surface area (Å²) in [7, 11) is 0. The zero-order valence-electron chi connectivity index (χ0n) is 6.10. The molecule has 0 saturated carbocycles. The summed E-state index contributed by atoms with van der Waals surface area (Å²) in [4.78, 5) is 0. The van der Waals surface area contributed by atoms with Gasteiger partial charge < -0.3 is 0 Å². The van der Waals surface area contributed by atoms with Crippen molar-refractivity contribution in [2.24, 2.45) is 0 Å². The predicted molar refractivity (Wildman–Crippen MR) is 46.1 cm³/mol. The highest BCUT2D eigenvalue weighted by molar-refractivity contribution is 6.32. The van der Waals surface area contributed by atoms with Gasteiger partial charge in [-0.25, -0.2) is 0 Å². The highest BCUT2D eigenvalue weighted by Gasteiger charge is 1.98. The van der Waals surface area contributed by atoms with Crippen LogP contribution in [-0.4, -0.2) is 0 Å². The lowest BCUT2D eigenvalue weighted by molar-refractivity contribution is 1.14. The number of rotatable bonds is 1. The minimum absolute atomic E-state index is 0.910. The van der Waals surface area contributed by atoms with Crippen LogP contribution in [0.5, 0.6) is 0 Å². The fourth-order valence-electron chi connectivity index (χ4n) is 0.932. The first-order chi connectivity index (χ1) is 4.84. The van der Waals surface area contributed by atoms with Gasteiger partial charge in [-0.3, -0.25) is 0 Å². The normalized spacial score (nSPS) is 17.8. The van der Waals surface area contributed by atoms with Crippen LogP contribution in [0, 0.1) is 0 Å². The maximum absolute atomic E-state index is 5.94. The molecule has 0 aliphatic heterocycles. The molecule has 1 rings (SSSR count). The van der Waals surface area contributed by atoms with Crippen LogP contribution in [0.25, 0.3) is 0 Å². The summed E-state index contributed by atoms with van der Waals surface area (Å²) in [6.07, 6.45) is 10.3.